The van der Waals surface area contributed by atoms with Crippen molar-refractivity contribution in [3.05, 3.63) is 0 Å². The molecule has 0 spiro atoms. The van der Waals surface area contributed by atoms with Crippen molar-refractivity contribution >= 4 is 11.9 Å². The highest BCUT2D eigenvalue weighted by molar-refractivity contribution is 5.97. The molecule has 0 saturated carbocycles. The zero-order chi connectivity index (χ0) is 10.6. The summed E-state index contributed by atoms with van der Waals surface area (Å²) in [6.45, 7) is 3.11. The summed E-state index contributed by atoms with van der Waals surface area (Å²) in [5.74, 6) is -2.27. The van der Waals surface area contributed by atoms with E-state index in [0.29, 0.717) is 0 Å². The van der Waals surface area contributed by atoms with E-state index >= 15 is 0 Å². The number of hydrogen-bond acceptors (Lipinski definition) is 2. The van der Waals surface area contributed by atoms with Crippen LogP contribution in [0.3, 0.4) is 0 Å². The molecule has 0 radical (unpaired) electrons. The van der Waals surface area contributed by atoms with Gasteiger partial charge in [-0.2, -0.15) is 13.2 Å². The van der Waals surface area contributed by atoms with Crippen molar-refractivity contribution < 1.29 is 22.8 Å². The number of urea groups is 1. The lowest BCUT2D eigenvalue weighted by atomic mass is 10.4. The van der Waals surface area contributed by atoms with Crippen LogP contribution in [0.15, 0.2) is 0 Å². The van der Waals surface area contributed by atoms with Crippen LogP contribution in [-0.4, -0.2) is 24.2 Å². The first-order valence-corrected chi connectivity index (χ1v) is 3.42. The Morgan fingerprint density at radius 3 is 2.00 bits per heavy atom. The molecule has 4 nitrogen and oxygen atoms in total. The largest absolute Gasteiger partial charge is 0.471 e. The number of amides is 3. The molecular weight excluding hydrogens is 189 g/mol. The first-order valence-electron chi connectivity index (χ1n) is 3.42. The zero-order valence-electron chi connectivity index (χ0n) is 7.03. The molecule has 0 rings (SSSR count). The molecule has 7 heteroatoms. The number of carbonyl (C=O) groups is 2. The van der Waals surface area contributed by atoms with E-state index in [4.69, 9.17) is 0 Å². The summed E-state index contributed by atoms with van der Waals surface area (Å²) >= 11 is 0. The fourth-order valence-electron chi connectivity index (χ4n) is 0.472. The van der Waals surface area contributed by atoms with Crippen molar-refractivity contribution in [2.24, 2.45) is 0 Å². The van der Waals surface area contributed by atoms with Crippen LogP contribution >= 0.6 is 0 Å². The van der Waals surface area contributed by atoms with E-state index in [1.807, 2.05) is 0 Å². The predicted octanol–water partition coefficient (Wildman–Crippen LogP) is 0.783. The highest BCUT2D eigenvalue weighted by Gasteiger charge is 2.39. The van der Waals surface area contributed by atoms with Gasteiger partial charge in [0.2, 0.25) is 0 Å². The topological polar surface area (TPSA) is 58.2 Å². The minimum atomic E-state index is -5.03. The second-order valence-electron chi connectivity index (χ2n) is 2.58. The third kappa shape index (κ3) is 5.05. The SMILES string of the molecule is CC(C)NC(=O)NC(=O)C(F)(F)F. The quantitative estimate of drug-likeness (QED) is 0.654. The summed E-state index contributed by atoms with van der Waals surface area (Å²) in [4.78, 5) is 20.7. The number of hydrogen-bond donors (Lipinski definition) is 2. The van der Waals surface area contributed by atoms with Crippen LogP contribution in [-0.2, 0) is 4.79 Å². The van der Waals surface area contributed by atoms with Gasteiger partial charge in [0.15, 0.2) is 0 Å². The van der Waals surface area contributed by atoms with Crippen molar-refractivity contribution in [1.29, 1.82) is 0 Å². The first-order chi connectivity index (χ1) is 5.73. The third-order valence-electron chi connectivity index (χ3n) is 0.904. The Bertz CT molecular complexity index is 212. The maximum atomic E-state index is 11.6. The van der Waals surface area contributed by atoms with Gasteiger partial charge in [0.05, 0.1) is 0 Å². The zero-order valence-corrected chi connectivity index (χ0v) is 7.03. The van der Waals surface area contributed by atoms with Gasteiger partial charge in [-0.25, -0.2) is 4.79 Å². The Balaban J connectivity index is 4.01. The Kier molecular flexibility index (Phi) is 3.70. The van der Waals surface area contributed by atoms with E-state index in [0.717, 1.165) is 5.32 Å². The van der Waals surface area contributed by atoms with Gasteiger partial charge in [0.25, 0.3) is 0 Å². The van der Waals surface area contributed by atoms with Crippen LogP contribution in [0.25, 0.3) is 0 Å². The van der Waals surface area contributed by atoms with Gasteiger partial charge in [-0.05, 0) is 13.8 Å². The minimum Gasteiger partial charge on any atom is -0.336 e. The summed E-state index contributed by atoms with van der Waals surface area (Å²) in [6.07, 6.45) is -5.03. The third-order valence-corrected chi connectivity index (χ3v) is 0.904. The van der Waals surface area contributed by atoms with Gasteiger partial charge < -0.3 is 5.32 Å². The fraction of sp³-hybridized carbons (Fsp3) is 0.667. The fourth-order valence-corrected chi connectivity index (χ4v) is 0.472. The molecule has 0 aromatic heterocycles. The van der Waals surface area contributed by atoms with E-state index in [9.17, 15) is 22.8 Å². The molecular formula is C6H9F3N2O2. The molecule has 76 valence electrons. The Morgan fingerprint density at radius 2 is 1.69 bits per heavy atom. The van der Waals surface area contributed by atoms with Crippen molar-refractivity contribution in [3.63, 3.8) is 0 Å². The van der Waals surface area contributed by atoms with Crippen LogP contribution in [0, 0.1) is 0 Å². The lowest BCUT2D eigenvalue weighted by Gasteiger charge is -2.10. The summed E-state index contributed by atoms with van der Waals surface area (Å²) in [7, 11) is 0. The van der Waals surface area contributed by atoms with Crippen molar-refractivity contribution in [2.45, 2.75) is 26.1 Å². The summed E-state index contributed by atoms with van der Waals surface area (Å²) < 4.78 is 34.7. The normalized spacial score (nSPS) is 11.2. The van der Waals surface area contributed by atoms with Crippen LogP contribution in [0.2, 0.25) is 0 Å². The average Bonchev–Trinajstić information content (AvgIpc) is 1.82. The number of imide groups is 1. The number of carbonyl (C=O) groups excluding carboxylic acids is 2. The highest BCUT2D eigenvalue weighted by Crippen LogP contribution is 2.13. The Hall–Kier alpha value is -1.27. The molecule has 0 aliphatic carbocycles. The smallest absolute Gasteiger partial charge is 0.336 e. The molecule has 13 heavy (non-hydrogen) atoms. The second-order valence-corrected chi connectivity index (χ2v) is 2.58. The van der Waals surface area contributed by atoms with Crippen LogP contribution in [0.1, 0.15) is 13.8 Å². The maximum Gasteiger partial charge on any atom is 0.471 e. The van der Waals surface area contributed by atoms with Crippen LogP contribution in [0.4, 0.5) is 18.0 Å². The Labute approximate surface area is 72.5 Å². The molecule has 0 fully saturated rings. The van der Waals surface area contributed by atoms with Gasteiger partial charge in [0, 0.05) is 6.04 Å². The maximum absolute atomic E-state index is 11.6. The van der Waals surface area contributed by atoms with Gasteiger partial charge in [-0.1, -0.05) is 0 Å². The molecule has 0 saturated heterocycles. The number of alkyl halides is 3. The minimum absolute atomic E-state index is 0.332. The monoisotopic (exact) mass is 198 g/mol. The molecule has 3 amide bonds. The van der Waals surface area contributed by atoms with E-state index in [1.54, 1.807) is 13.8 Å². The average molecular weight is 198 g/mol. The van der Waals surface area contributed by atoms with Crippen molar-refractivity contribution in [1.82, 2.24) is 10.6 Å². The lowest BCUT2D eigenvalue weighted by Crippen LogP contribution is -2.47. The lowest BCUT2D eigenvalue weighted by molar-refractivity contribution is -0.172. The Morgan fingerprint density at radius 1 is 1.23 bits per heavy atom. The van der Waals surface area contributed by atoms with E-state index < -0.39 is 18.1 Å². The van der Waals surface area contributed by atoms with E-state index in [2.05, 4.69) is 5.32 Å². The summed E-state index contributed by atoms with van der Waals surface area (Å²) in [5, 5.41) is 3.21. The van der Waals surface area contributed by atoms with Crippen molar-refractivity contribution in [2.75, 3.05) is 0 Å². The molecule has 0 aliphatic rings. The molecule has 0 heterocycles. The van der Waals surface area contributed by atoms with E-state index in [-0.39, 0.29) is 6.04 Å². The molecule has 0 aliphatic heterocycles. The molecule has 2 N–H and O–H groups in total. The standard InChI is InChI=1S/C6H9F3N2O2/c1-3(2)10-5(13)11-4(12)6(7,8)9/h3H,1-2H3,(H2,10,11,12,13). The molecule has 0 aromatic rings. The number of halogens is 3. The van der Waals surface area contributed by atoms with Gasteiger partial charge >= 0.3 is 18.1 Å². The number of nitrogens with one attached hydrogen (secondary N) is 2. The van der Waals surface area contributed by atoms with Gasteiger partial charge in [-0.15, -0.1) is 0 Å². The van der Waals surface area contributed by atoms with Crippen LogP contribution in [0.5, 0.6) is 0 Å². The van der Waals surface area contributed by atoms with Gasteiger partial charge in [0.1, 0.15) is 0 Å². The molecule has 0 bridgehead atoms. The summed E-state index contributed by atoms with van der Waals surface area (Å²) in [5.41, 5.74) is 0. The molecule has 0 aromatic carbocycles. The highest BCUT2D eigenvalue weighted by atomic mass is 19.4. The first kappa shape index (κ1) is 11.7. The van der Waals surface area contributed by atoms with E-state index in [1.165, 1.54) is 0 Å². The molecule has 0 unspecified atom stereocenters. The van der Waals surface area contributed by atoms with Gasteiger partial charge in [-0.3, -0.25) is 10.1 Å². The second kappa shape index (κ2) is 4.11. The van der Waals surface area contributed by atoms with Crippen molar-refractivity contribution in [3.8, 4) is 0 Å². The number of rotatable bonds is 1. The molecule has 0 atom stereocenters. The predicted molar refractivity (Wildman–Crippen MR) is 37.9 cm³/mol. The summed E-state index contributed by atoms with van der Waals surface area (Å²) in [6, 6.07) is -1.49. The van der Waals surface area contributed by atoms with Crippen LogP contribution < -0.4 is 10.6 Å².